The number of hydrogen-bond donors (Lipinski definition) is 1. The van der Waals surface area contributed by atoms with Crippen LogP contribution in [0.3, 0.4) is 0 Å². The maximum absolute atomic E-state index is 12.4. The van der Waals surface area contributed by atoms with Gasteiger partial charge in [0.1, 0.15) is 24.7 Å². The zero-order valence-electron chi connectivity index (χ0n) is 13.1. The largest absolute Gasteiger partial charge is 0.490 e. The molecule has 1 amide bonds. The van der Waals surface area contributed by atoms with Crippen molar-refractivity contribution in [2.24, 2.45) is 4.99 Å². The summed E-state index contributed by atoms with van der Waals surface area (Å²) in [5.74, 6) is 2.03. The van der Waals surface area contributed by atoms with E-state index >= 15 is 0 Å². The minimum Gasteiger partial charge on any atom is -0.490 e. The molecule has 1 N–H and O–H groups in total. The molecule has 6 heteroatoms. The van der Waals surface area contributed by atoms with Gasteiger partial charge in [-0.1, -0.05) is 42.1 Å². The van der Waals surface area contributed by atoms with Gasteiger partial charge in [0.05, 0.1) is 12.1 Å². The number of benzene rings is 2. The Labute approximate surface area is 145 Å². The lowest BCUT2D eigenvalue weighted by Crippen LogP contribution is -2.28. The van der Waals surface area contributed by atoms with Gasteiger partial charge in [-0.2, -0.15) is 0 Å². The number of thioether (sulfide) groups is 1. The molecule has 24 heavy (non-hydrogen) atoms. The number of amidine groups is 1. The lowest BCUT2D eigenvalue weighted by atomic mass is 10.2. The second-order valence-electron chi connectivity index (χ2n) is 5.00. The van der Waals surface area contributed by atoms with Crippen LogP contribution in [-0.4, -0.2) is 36.6 Å². The van der Waals surface area contributed by atoms with Gasteiger partial charge in [-0.3, -0.25) is 9.79 Å². The molecule has 0 bridgehead atoms. The number of nitrogens with one attached hydrogen (secondary N) is 1. The van der Waals surface area contributed by atoms with Crippen LogP contribution in [0.2, 0.25) is 0 Å². The highest BCUT2D eigenvalue weighted by Crippen LogP contribution is 2.19. The number of ether oxygens (including phenoxy) is 2. The highest BCUT2D eigenvalue weighted by molar-refractivity contribution is 8.14. The maximum Gasteiger partial charge on any atom is 0.260 e. The molecule has 0 spiro atoms. The number of nitrogens with zero attached hydrogens (tertiary/aromatic N) is 1. The topological polar surface area (TPSA) is 59.9 Å². The van der Waals surface area contributed by atoms with Crippen LogP contribution in [-0.2, 0) is 0 Å². The first-order valence-electron chi connectivity index (χ1n) is 7.71. The average Bonchev–Trinajstić information content (AvgIpc) is 3.13. The van der Waals surface area contributed by atoms with E-state index in [2.05, 4.69) is 10.3 Å². The summed E-state index contributed by atoms with van der Waals surface area (Å²) < 4.78 is 11.3. The number of rotatable bonds is 6. The molecule has 0 saturated heterocycles. The van der Waals surface area contributed by atoms with Crippen molar-refractivity contribution in [3.05, 3.63) is 60.2 Å². The van der Waals surface area contributed by atoms with Gasteiger partial charge in [-0.15, -0.1) is 0 Å². The van der Waals surface area contributed by atoms with Crippen LogP contribution in [0, 0.1) is 0 Å². The molecule has 0 aliphatic carbocycles. The molecule has 5 nitrogen and oxygen atoms in total. The third kappa shape index (κ3) is 4.52. The van der Waals surface area contributed by atoms with Crippen molar-refractivity contribution in [3.8, 4) is 11.5 Å². The van der Waals surface area contributed by atoms with E-state index < -0.39 is 0 Å². The smallest absolute Gasteiger partial charge is 0.260 e. The average molecular weight is 342 g/mol. The van der Waals surface area contributed by atoms with E-state index in [4.69, 9.17) is 9.47 Å². The summed E-state index contributed by atoms with van der Waals surface area (Å²) in [4.78, 5) is 16.6. The number of aliphatic imine (C=N–C) groups is 1. The standard InChI is InChI=1S/C18H18N2O3S/c21-17(20-18-19-10-13-24-18)15-8-4-5-9-16(15)23-12-11-22-14-6-2-1-3-7-14/h1-9H,10-13H2,(H,19,20,21). The highest BCUT2D eigenvalue weighted by atomic mass is 32.2. The molecule has 0 radical (unpaired) electrons. The van der Waals surface area contributed by atoms with Crippen molar-refractivity contribution < 1.29 is 14.3 Å². The second kappa shape index (κ2) is 8.40. The van der Waals surface area contributed by atoms with Crippen LogP contribution in [0.1, 0.15) is 10.4 Å². The fraction of sp³-hybridized carbons (Fsp3) is 0.222. The van der Waals surface area contributed by atoms with Crippen LogP contribution in [0.4, 0.5) is 0 Å². The van der Waals surface area contributed by atoms with Crippen molar-refractivity contribution in [3.63, 3.8) is 0 Å². The molecular weight excluding hydrogens is 324 g/mol. The van der Waals surface area contributed by atoms with E-state index in [-0.39, 0.29) is 5.91 Å². The zero-order valence-corrected chi connectivity index (χ0v) is 13.9. The molecule has 0 atom stereocenters. The summed E-state index contributed by atoms with van der Waals surface area (Å²) in [6.45, 7) is 1.51. The van der Waals surface area contributed by atoms with E-state index in [1.807, 2.05) is 42.5 Å². The predicted octanol–water partition coefficient (Wildman–Crippen LogP) is 2.98. The van der Waals surface area contributed by atoms with Gasteiger partial charge < -0.3 is 14.8 Å². The molecule has 0 saturated carbocycles. The first-order valence-corrected chi connectivity index (χ1v) is 8.70. The first-order chi connectivity index (χ1) is 11.8. The van der Waals surface area contributed by atoms with Crippen LogP contribution < -0.4 is 14.8 Å². The molecule has 2 aromatic carbocycles. The second-order valence-corrected chi connectivity index (χ2v) is 6.08. The van der Waals surface area contributed by atoms with Gasteiger partial charge in [-0.25, -0.2) is 0 Å². The summed E-state index contributed by atoms with van der Waals surface area (Å²) in [6.07, 6.45) is 0. The van der Waals surface area contributed by atoms with E-state index in [1.54, 1.807) is 23.9 Å². The Balaban J connectivity index is 1.54. The Morgan fingerprint density at radius 1 is 1.04 bits per heavy atom. The fourth-order valence-electron chi connectivity index (χ4n) is 2.18. The van der Waals surface area contributed by atoms with Gasteiger partial charge >= 0.3 is 0 Å². The van der Waals surface area contributed by atoms with Crippen molar-refractivity contribution in [2.45, 2.75) is 0 Å². The normalized spacial score (nSPS) is 13.2. The molecule has 2 aromatic rings. The molecule has 0 fully saturated rings. The van der Waals surface area contributed by atoms with Gasteiger partial charge in [0.25, 0.3) is 5.91 Å². The lowest BCUT2D eigenvalue weighted by molar-refractivity contribution is 0.0972. The van der Waals surface area contributed by atoms with Crippen LogP contribution in [0.5, 0.6) is 11.5 Å². The molecular formula is C18H18N2O3S. The first kappa shape index (κ1) is 16.4. The van der Waals surface area contributed by atoms with Crippen LogP contribution in [0.15, 0.2) is 59.6 Å². The summed E-state index contributed by atoms with van der Waals surface area (Å²) in [6, 6.07) is 16.7. The Kier molecular flexibility index (Phi) is 5.74. The van der Waals surface area contributed by atoms with E-state index in [0.29, 0.717) is 29.7 Å². The number of carbonyl (C=O) groups is 1. The number of amides is 1. The van der Waals surface area contributed by atoms with Gasteiger partial charge in [-0.05, 0) is 24.3 Å². The highest BCUT2D eigenvalue weighted by Gasteiger charge is 2.16. The fourth-order valence-corrected chi connectivity index (χ4v) is 2.91. The molecule has 1 aliphatic heterocycles. The molecule has 124 valence electrons. The van der Waals surface area contributed by atoms with Gasteiger partial charge in [0.15, 0.2) is 5.17 Å². The lowest BCUT2D eigenvalue weighted by Gasteiger charge is -2.12. The van der Waals surface area contributed by atoms with E-state index in [9.17, 15) is 4.79 Å². The van der Waals surface area contributed by atoms with E-state index in [0.717, 1.165) is 18.0 Å². The summed E-state index contributed by atoms with van der Waals surface area (Å²) >= 11 is 1.55. The maximum atomic E-state index is 12.4. The van der Waals surface area contributed by atoms with E-state index in [1.165, 1.54) is 0 Å². The van der Waals surface area contributed by atoms with Crippen molar-refractivity contribution in [2.75, 3.05) is 25.5 Å². The quantitative estimate of drug-likeness (QED) is 0.820. The molecule has 3 rings (SSSR count). The molecule has 1 heterocycles. The Morgan fingerprint density at radius 3 is 2.58 bits per heavy atom. The molecule has 0 unspecified atom stereocenters. The number of para-hydroxylation sites is 2. The van der Waals surface area contributed by atoms with Gasteiger partial charge in [0.2, 0.25) is 0 Å². The summed E-state index contributed by atoms with van der Waals surface area (Å²) in [5.41, 5.74) is 0.493. The summed E-state index contributed by atoms with van der Waals surface area (Å²) in [5, 5.41) is 3.48. The van der Waals surface area contributed by atoms with Crippen molar-refractivity contribution in [1.29, 1.82) is 0 Å². The third-order valence-electron chi connectivity index (χ3n) is 3.29. The number of carbonyl (C=O) groups excluding carboxylic acids is 1. The van der Waals surface area contributed by atoms with Crippen LogP contribution >= 0.6 is 11.8 Å². The Morgan fingerprint density at radius 2 is 1.79 bits per heavy atom. The molecule has 1 aliphatic rings. The minimum absolute atomic E-state index is 0.206. The SMILES string of the molecule is O=C(NC1=NCCS1)c1ccccc1OCCOc1ccccc1. The van der Waals surface area contributed by atoms with Gasteiger partial charge in [0, 0.05) is 5.75 Å². The Hall–Kier alpha value is -2.47. The number of hydrogen-bond acceptors (Lipinski definition) is 5. The monoisotopic (exact) mass is 342 g/mol. The predicted molar refractivity (Wildman–Crippen MR) is 96.1 cm³/mol. The Bertz CT molecular complexity index is 719. The third-order valence-corrected chi connectivity index (χ3v) is 4.18. The molecule has 0 aromatic heterocycles. The summed E-state index contributed by atoms with van der Waals surface area (Å²) in [7, 11) is 0. The zero-order chi connectivity index (χ0) is 16.6. The van der Waals surface area contributed by atoms with Crippen molar-refractivity contribution >= 4 is 22.8 Å². The van der Waals surface area contributed by atoms with Crippen molar-refractivity contribution in [1.82, 2.24) is 5.32 Å². The minimum atomic E-state index is -0.206. The van der Waals surface area contributed by atoms with Crippen LogP contribution in [0.25, 0.3) is 0 Å².